The second-order valence-electron chi connectivity index (χ2n) is 5.52. The van der Waals surface area contributed by atoms with Crippen molar-refractivity contribution in [2.75, 3.05) is 19.1 Å². The van der Waals surface area contributed by atoms with Crippen LogP contribution in [0.4, 0.5) is 5.69 Å². The number of methoxy groups -OCH3 is 1. The number of likely N-dealkylation sites (N-methyl/N-ethyl adjacent to an activating group) is 1. The lowest BCUT2D eigenvalue weighted by Crippen LogP contribution is -2.38. The Hall–Kier alpha value is -1.84. The lowest BCUT2D eigenvalue weighted by atomic mass is 9.78. The van der Waals surface area contributed by atoms with Crippen molar-refractivity contribution in [2.45, 2.75) is 38.5 Å². The summed E-state index contributed by atoms with van der Waals surface area (Å²) >= 11 is 0. The molecule has 0 fully saturated rings. The number of nitrogens with zero attached hydrogens (tertiary/aromatic N) is 1. The minimum absolute atomic E-state index is 0.0403. The average molecular weight is 275 g/mol. The SMILES string of the molecule is CCCC(=O)C[C@]1(C)C(=O)N(C)c2cccc(OC)c21. The number of fused-ring (bicyclic) bond motifs is 1. The van der Waals surface area contributed by atoms with Crippen LogP contribution < -0.4 is 9.64 Å². The van der Waals surface area contributed by atoms with Gasteiger partial charge in [-0.15, -0.1) is 0 Å². The van der Waals surface area contributed by atoms with Gasteiger partial charge in [0.2, 0.25) is 5.91 Å². The maximum Gasteiger partial charge on any atom is 0.237 e. The molecule has 1 aromatic carbocycles. The lowest BCUT2D eigenvalue weighted by molar-refractivity contribution is -0.128. The van der Waals surface area contributed by atoms with E-state index in [2.05, 4.69) is 0 Å². The number of amides is 1. The second kappa shape index (κ2) is 5.27. The van der Waals surface area contributed by atoms with Crippen LogP contribution in [0.25, 0.3) is 0 Å². The van der Waals surface area contributed by atoms with Crippen molar-refractivity contribution >= 4 is 17.4 Å². The number of carbonyl (C=O) groups excluding carboxylic acids is 2. The van der Waals surface area contributed by atoms with Gasteiger partial charge < -0.3 is 9.64 Å². The standard InChI is InChI=1S/C16H21NO3/c1-5-7-11(18)10-16(2)14-12(17(3)15(16)19)8-6-9-13(14)20-4/h6,8-9H,5,7,10H2,1-4H3/t16-/m0/s1. The Morgan fingerprint density at radius 3 is 2.70 bits per heavy atom. The van der Waals surface area contributed by atoms with E-state index in [9.17, 15) is 9.59 Å². The third-order valence-corrected chi connectivity index (χ3v) is 3.99. The highest BCUT2D eigenvalue weighted by Gasteiger charge is 2.48. The van der Waals surface area contributed by atoms with E-state index in [0.29, 0.717) is 12.2 Å². The van der Waals surface area contributed by atoms with Crippen molar-refractivity contribution < 1.29 is 14.3 Å². The largest absolute Gasteiger partial charge is 0.496 e. The topological polar surface area (TPSA) is 46.6 Å². The summed E-state index contributed by atoms with van der Waals surface area (Å²) in [6, 6.07) is 5.60. The van der Waals surface area contributed by atoms with Crippen molar-refractivity contribution in [3.05, 3.63) is 23.8 Å². The molecule has 1 amide bonds. The summed E-state index contributed by atoms with van der Waals surface area (Å²) in [5.74, 6) is 0.754. The third-order valence-electron chi connectivity index (χ3n) is 3.99. The molecular formula is C16H21NO3. The molecule has 0 aromatic heterocycles. The van der Waals surface area contributed by atoms with E-state index >= 15 is 0 Å². The van der Waals surface area contributed by atoms with Gasteiger partial charge in [0.15, 0.2) is 0 Å². The fourth-order valence-electron chi connectivity index (χ4n) is 3.04. The Balaban J connectivity index is 2.50. The minimum Gasteiger partial charge on any atom is -0.496 e. The number of ketones is 1. The van der Waals surface area contributed by atoms with Crippen molar-refractivity contribution in [2.24, 2.45) is 0 Å². The average Bonchev–Trinajstić information content (AvgIpc) is 2.61. The zero-order valence-electron chi connectivity index (χ0n) is 12.5. The fourth-order valence-corrected chi connectivity index (χ4v) is 3.04. The molecule has 1 aliphatic heterocycles. The van der Waals surface area contributed by atoms with Crippen LogP contribution in [-0.2, 0) is 15.0 Å². The van der Waals surface area contributed by atoms with Gasteiger partial charge in [-0.1, -0.05) is 13.0 Å². The van der Waals surface area contributed by atoms with Crippen LogP contribution in [0.15, 0.2) is 18.2 Å². The molecule has 1 heterocycles. The molecule has 0 radical (unpaired) electrons. The quantitative estimate of drug-likeness (QED) is 0.830. The van der Waals surface area contributed by atoms with E-state index in [0.717, 1.165) is 17.7 Å². The van der Waals surface area contributed by atoms with Crippen molar-refractivity contribution in [3.63, 3.8) is 0 Å². The first kappa shape index (κ1) is 14.6. The minimum atomic E-state index is -0.817. The predicted octanol–water partition coefficient (Wildman–Crippen LogP) is 2.69. The molecule has 0 spiro atoms. The zero-order chi connectivity index (χ0) is 14.9. The molecule has 0 aliphatic carbocycles. The normalized spacial score (nSPS) is 21.0. The number of Topliss-reactive ketones (excluding diaryl/α,β-unsaturated/α-hetero) is 1. The molecule has 4 nitrogen and oxygen atoms in total. The zero-order valence-corrected chi connectivity index (χ0v) is 12.5. The predicted molar refractivity (Wildman–Crippen MR) is 78.3 cm³/mol. The summed E-state index contributed by atoms with van der Waals surface area (Å²) < 4.78 is 5.40. The van der Waals surface area contributed by atoms with Gasteiger partial charge in [0.1, 0.15) is 11.5 Å². The van der Waals surface area contributed by atoms with Crippen molar-refractivity contribution in [1.82, 2.24) is 0 Å². The molecule has 2 rings (SSSR count). The van der Waals surface area contributed by atoms with Gasteiger partial charge in [-0.25, -0.2) is 0 Å². The van der Waals surface area contributed by atoms with Gasteiger partial charge in [0, 0.05) is 25.5 Å². The van der Waals surface area contributed by atoms with Crippen molar-refractivity contribution in [3.8, 4) is 5.75 Å². The molecule has 20 heavy (non-hydrogen) atoms. The van der Waals surface area contributed by atoms with Gasteiger partial charge in [-0.05, 0) is 25.5 Å². The van der Waals surface area contributed by atoms with Gasteiger partial charge in [0.25, 0.3) is 0 Å². The van der Waals surface area contributed by atoms with Gasteiger partial charge in [-0.3, -0.25) is 9.59 Å². The summed E-state index contributed by atoms with van der Waals surface area (Å²) in [6.07, 6.45) is 1.55. The van der Waals surface area contributed by atoms with Crippen LogP contribution in [0.2, 0.25) is 0 Å². The molecule has 1 atom stereocenters. The summed E-state index contributed by atoms with van der Waals surface area (Å²) in [5, 5.41) is 0. The highest BCUT2D eigenvalue weighted by atomic mass is 16.5. The van der Waals surface area contributed by atoms with Crippen LogP contribution in [0, 0.1) is 0 Å². The highest BCUT2D eigenvalue weighted by Crippen LogP contribution is 2.48. The Morgan fingerprint density at radius 1 is 1.40 bits per heavy atom. The number of rotatable bonds is 5. The first-order chi connectivity index (χ1) is 9.45. The van der Waals surface area contributed by atoms with Crippen LogP contribution in [-0.4, -0.2) is 25.8 Å². The van der Waals surface area contributed by atoms with E-state index in [1.807, 2.05) is 32.0 Å². The first-order valence-corrected chi connectivity index (χ1v) is 6.93. The molecule has 0 saturated carbocycles. The summed E-state index contributed by atoms with van der Waals surface area (Å²) in [4.78, 5) is 26.3. The molecule has 1 aliphatic rings. The lowest BCUT2D eigenvalue weighted by Gasteiger charge is -2.23. The molecule has 0 N–H and O–H groups in total. The van der Waals surface area contributed by atoms with E-state index in [-0.39, 0.29) is 18.1 Å². The number of carbonyl (C=O) groups is 2. The van der Waals surface area contributed by atoms with E-state index < -0.39 is 5.41 Å². The number of benzene rings is 1. The molecule has 0 saturated heterocycles. The van der Waals surface area contributed by atoms with Gasteiger partial charge >= 0.3 is 0 Å². The first-order valence-electron chi connectivity index (χ1n) is 6.93. The number of hydrogen-bond donors (Lipinski definition) is 0. The molecule has 1 aromatic rings. The fraction of sp³-hybridized carbons (Fsp3) is 0.500. The molecule has 0 unspecified atom stereocenters. The molecule has 0 bridgehead atoms. The maximum absolute atomic E-state index is 12.6. The summed E-state index contributed by atoms with van der Waals surface area (Å²) in [7, 11) is 3.34. The Labute approximate surface area is 119 Å². The van der Waals surface area contributed by atoms with Crippen molar-refractivity contribution in [1.29, 1.82) is 0 Å². The monoisotopic (exact) mass is 275 g/mol. The number of anilines is 1. The smallest absolute Gasteiger partial charge is 0.237 e. The Morgan fingerprint density at radius 2 is 2.10 bits per heavy atom. The maximum atomic E-state index is 12.6. The highest BCUT2D eigenvalue weighted by molar-refractivity contribution is 6.10. The summed E-state index contributed by atoms with van der Waals surface area (Å²) in [5.41, 5.74) is 0.851. The Bertz CT molecular complexity index is 553. The molecule has 4 heteroatoms. The van der Waals surface area contributed by atoms with Crippen LogP contribution in [0.5, 0.6) is 5.75 Å². The van der Waals surface area contributed by atoms with E-state index in [1.165, 1.54) is 0 Å². The second-order valence-corrected chi connectivity index (χ2v) is 5.52. The Kier molecular flexibility index (Phi) is 3.84. The molecule has 108 valence electrons. The van der Waals surface area contributed by atoms with Crippen LogP contribution >= 0.6 is 0 Å². The summed E-state index contributed by atoms with van der Waals surface area (Å²) in [6.45, 7) is 3.81. The van der Waals surface area contributed by atoms with E-state index in [1.54, 1.807) is 19.1 Å². The number of ether oxygens (including phenoxy) is 1. The van der Waals surface area contributed by atoms with E-state index in [4.69, 9.17) is 4.74 Å². The van der Waals surface area contributed by atoms with Gasteiger partial charge in [-0.2, -0.15) is 0 Å². The number of hydrogen-bond acceptors (Lipinski definition) is 3. The van der Waals surface area contributed by atoms with Crippen LogP contribution in [0.3, 0.4) is 0 Å². The van der Waals surface area contributed by atoms with Crippen LogP contribution in [0.1, 0.15) is 38.7 Å². The third kappa shape index (κ3) is 2.09. The van der Waals surface area contributed by atoms with Gasteiger partial charge in [0.05, 0.1) is 18.2 Å². The molecular weight excluding hydrogens is 254 g/mol.